The van der Waals surface area contributed by atoms with E-state index in [-0.39, 0.29) is 6.17 Å². The van der Waals surface area contributed by atoms with Crippen molar-refractivity contribution in [1.82, 2.24) is 29.7 Å². The zero-order valence-electron chi connectivity index (χ0n) is 18.1. The second-order valence-corrected chi connectivity index (χ2v) is 8.30. The van der Waals surface area contributed by atoms with Crippen molar-refractivity contribution in [2.75, 3.05) is 13.6 Å². The fraction of sp³-hybridized carbons (Fsp3) is 0.154. The summed E-state index contributed by atoms with van der Waals surface area (Å²) in [7, 11) is 2.12. The van der Waals surface area contributed by atoms with Crippen LogP contribution < -0.4 is 0 Å². The van der Waals surface area contributed by atoms with Gasteiger partial charge in [-0.2, -0.15) is 0 Å². The molecule has 6 nitrogen and oxygen atoms in total. The van der Waals surface area contributed by atoms with E-state index in [4.69, 9.17) is 9.97 Å². The molecule has 6 heterocycles. The van der Waals surface area contributed by atoms with Crippen LogP contribution in [0.3, 0.4) is 0 Å². The summed E-state index contributed by atoms with van der Waals surface area (Å²) < 4.78 is 0. The number of nitrogens with one attached hydrogen (secondary N) is 2. The van der Waals surface area contributed by atoms with Crippen LogP contribution in [0.2, 0.25) is 0 Å². The van der Waals surface area contributed by atoms with Gasteiger partial charge in [0.25, 0.3) is 0 Å². The molecular formula is C26H24N6. The molecule has 0 saturated heterocycles. The first-order valence-electron chi connectivity index (χ1n) is 10.9. The SMILES string of the molecule is CCN1C=CN(C)C1c1cc2cc3nc(cc4ccc(cc5nc(cc1[nH]2)C=C5)[nH]4)C=C3. The summed E-state index contributed by atoms with van der Waals surface area (Å²) in [6.45, 7) is 3.12. The maximum atomic E-state index is 4.82. The van der Waals surface area contributed by atoms with Crippen molar-refractivity contribution < 1.29 is 0 Å². The Bertz CT molecular complexity index is 1450. The number of fused-ring (bicyclic) bond motifs is 8. The molecule has 32 heavy (non-hydrogen) atoms. The van der Waals surface area contributed by atoms with Crippen LogP contribution in [0.4, 0.5) is 0 Å². The summed E-state index contributed by atoms with van der Waals surface area (Å²) in [4.78, 5) is 21.2. The number of hydrogen-bond acceptors (Lipinski definition) is 4. The first-order valence-corrected chi connectivity index (χ1v) is 10.9. The summed E-state index contributed by atoms with van der Waals surface area (Å²) in [6, 6.07) is 14.7. The smallest absolute Gasteiger partial charge is 0.129 e. The Balaban J connectivity index is 1.63. The molecule has 2 N–H and O–H groups in total. The van der Waals surface area contributed by atoms with Crippen molar-refractivity contribution >= 4 is 46.4 Å². The third-order valence-electron chi connectivity index (χ3n) is 6.04. The molecule has 6 heteroatoms. The first kappa shape index (κ1) is 18.7. The molecule has 0 radical (unpaired) electrons. The normalized spacial score (nSPS) is 17.0. The van der Waals surface area contributed by atoms with Crippen LogP contribution in [0.5, 0.6) is 0 Å². The molecule has 6 rings (SSSR count). The Morgan fingerprint density at radius 2 is 1.34 bits per heavy atom. The van der Waals surface area contributed by atoms with E-state index in [1.54, 1.807) is 0 Å². The van der Waals surface area contributed by atoms with E-state index in [0.29, 0.717) is 0 Å². The van der Waals surface area contributed by atoms with Gasteiger partial charge in [0.15, 0.2) is 0 Å². The number of aromatic amines is 2. The van der Waals surface area contributed by atoms with Crippen LogP contribution in [0.1, 0.15) is 41.4 Å². The van der Waals surface area contributed by atoms with E-state index in [1.165, 1.54) is 5.56 Å². The minimum atomic E-state index is 0.140. The zero-order valence-corrected chi connectivity index (χ0v) is 18.1. The van der Waals surface area contributed by atoms with Gasteiger partial charge < -0.3 is 19.8 Å². The van der Waals surface area contributed by atoms with E-state index in [9.17, 15) is 0 Å². The standard InChI is InChI=1S/C26H24N6/c1-3-32-11-10-31(2)26(32)24-15-23-14-21-7-6-19(28-21)12-17-4-5-18(27-17)13-20-8-9-22(29-20)16-25(24)30-23/h4-16,26-27,30H,3H2,1-2H3. The Labute approximate surface area is 186 Å². The highest BCUT2D eigenvalue weighted by Crippen LogP contribution is 2.33. The predicted octanol–water partition coefficient (Wildman–Crippen LogP) is 5.39. The predicted molar refractivity (Wildman–Crippen MR) is 131 cm³/mol. The van der Waals surface area contributed by atoms with Gasteiger partial charge in [0.1, 0.15) is 6.17 Å². The van der Waals surface area contributed by atoms with E-state index in [0.717, 1.165) is 51.4 Å². The molecule has 1 unspecified atom stereocenters. The quantitative estimate of drug-likeness (QED) is 0.402. The molecule has 0 spiro atoms. The van der Waals surface area contributed by atoms with Gasteiger partial charge in [-0.15, -0.1) is 0 Å². The summed E-state index contributed by atoms with van der Waals surface area (Å²) in [5, 5.41) is 0. The van der Waals surface area contributed by atoms with E-state index in [2.05, 4.69) is 107 Å². The van der Waals surface area contributed by atoms with Crippen molar-refractivity contribution in [3.8, 4) is 0 Å². The Morgan fingerprint density at radius 3 is 1.97 bits per heavy atom. The van der Waals surface area contributed by atoms with Crippen LogP contribution >= 0.6 is 0 Å². The number of rotatable bonds is 2. The highest BCUT2D eigenvalue weighted by Gasteiger charge is 2.26. The lowest BCUT2D eigenvalue weighted by molar-refractivity contribution is 0.187. The van der Waals surface area contributed by atoms with Crippen LogP contribution in [0, 0.1) is 0 Å². The van der Waals surface area contributed by atoms with E-state index < -0.39 is 0 Å². The molecule has 8 bridgehead atoms. The van der Waals surface area contributed by atoms with Gasteiger partial charge >= 0.3 is 0 Å². The second kappa shape index (κ2) is 7.27. The van der Waals surface area contributed by atoms with Crippen molar-refractivity contribution in [2.45, 2.75) is 13.1 Å². The minimum Gasteiger partial charge on any atom is -0.355 e. The Morgan fingerprint density at radius 1 is 0.750 bits per heavy atom. The Hall–Kier alpha value is -4.06. The maximum absolute atomic E-state index is 4.82. The molecule has 0 fully saturated rings. The molecule has 1 atom stereocenters. The highest BCUT2D eigenvalue weighted by atomic mass is 15.4. The average Bonchev–Trinajstić information content (AvgIpc) is 3.58. The average molecular weight is 421 g/mol. The van der Waals surface area contributed by atoms with Crippen molar-refractivity contribution in [2.24, 2.45) is 0 Å². The van der Waals surface area contributed by atoms with Gasteiger partial charge in [0.2, 0.25) is 0 Å². The molecule has 3 aliphatic rings. The maximum Gasteiger partial charge on any atom is 0.129 e. The molecule has 3 aromatic heterocycles. The van der Waals surface area contributed by atoms with Crippen LogP contribution in [0.15, 0.2) is 54.9 Å². The molecule has 0 saturated carbocycles. The lowest BCUT2D eigenvalue weighted by atomic mass is 10.1. The fourth-order valence-electron chi connectivity index (χ4n) is 4.52. The van der Waals surface area contributed by atoms with Gasteiger partial charge in [-0.25, -0.2) is 9.97 Å². The monoisotopic (exact) mass is 420 g/mol. The number of hydrogen-bond donors (Lipinski definition) is 2. The second-order valence-electron chi connectivity index (χ2n) is 8.30. The molecular weight excluding hydrogens is 396 g/mol. The van der Waals surface area contributed by atoms with E-state index >= 15 is 0 Å². The molecule has 3 aromatic rings. The third-order valence-corrected chi connectivity index (χ3v) is 6.04. The van der Waals surface area contributed by atoms with Gasteiger partial charge in [-0.05, 0) is 73.7 Å². The lowest BCUT2D eigenvalue weighted by Crippen LogP contribution is -2.27. The minimum absolute atomic E-state index is 0.140. The fourth-order valence-corrected chi connectivity index (χ4v) is 4.52. The number of aromatic nitrogens is 4. The van der Waals surface area contributed by atoms with Gasteiger partial charge in [0, 0.05) is 53.6 Å². The number of nitrogens with zero attached hydrogens (tertiary/aromatic N) is 4. The molecule has 0 aliphatic carbocycles. The van der Waals surface area contributed by atoms with Crippen LogP contribution in [-0.4, -0.2) is 43.3 Å². The highest BCUT2D eigenvalue weighted by molar-refractivity contribution is 5.78. The van der Waals surface area contributed by atoms with Gasteiger partial charge in [-0.3, -0.25) is 0 Å². The summed E-state index contributed by atoms with van der Waals surface area (Å²) in [5.74, 6) is 0. The topological polar surface area (TPSA) is 63.8 Å². The third kappa shape index (κ3) is 3.30. The van der Waals surface area contributed by atoms with Crippen molar-refractivity contribution in [3.05, 3.63) is 83.2 Å². The zero-order chi connectivity index (χ0) is 21.7. The Kier molecular flexibility index (Phi) is 4.24. The summed E-state index contributed by atoms with van der Waals surface area (Å²) in [5.41, 5.74) is 9.07. The van der Waals surface area contributed by atoms with Crippen LogP contribution in [-0.2, 0) is 0 Å². The molecule has 0 aromatic carbocycles. The van der Waals surface area contributed by atoms with Gasteiger partial charge in [-0.1, -0.05) is 0 Å². The molecule has 3 aliphatic heterocycles. The molecule has 0 amide bonds. The molecule has 158 valence electrons. The summed E-state index contributed by atoms with van der Waals surface area (Å²) in [6.07, 6.45) is 12.6. The van der Waals surface area contributed by atoms with E-state index in [1.807, 2.05) is 6.08 Å². The van der Waals surface area contributed by atoms with Crippen molar-refractivity contribution in [1.29, 1.82) is 0 Å². The largest absolute Gasteiger partial charge is 0.355 e. The first-order chi connectivity index (χ1) is 15.6. The lowest BCUT2D eigenvalue weighted by Gasteiger charge is -2.29. The number of H-pyrrole nitrogens is 2. The van der Waals surface area contributed by atoms with Crippen LogP contribution in [0.25, 0.3) is 46.4 Å². The van der Waals surface area contributed by atoms with Gasteiger partial charge in [0.05, 0.1) is 22.8 Å². The van der Waals surface area contributed by atoms with Crippen molar-refractivity contribution in [3.63, 3.8) is 0 Å². The summed E-state index contributed by atoms with van der Waals surface area (Å²) >= 11 is 0.